The molecular formula is C22H29N3O4. The van der Waals surface area contributed by atoms with Crippen LogP contribution in [0, 0.1) is 0 Å². The maximum Gasteiger partial charge on any atom is 0.253 e. The molecule has 0 bridgehead atoms. The summed E-state index contributed by atoms with van der Waals surface area (Å²) >= 11 is 0. The maximum absolute atomic E-state index is 12.5. The highest BCUT2D eigenvalue weighted by Crippen LogP contribution is 2.29. The molecule has 0 spiro atoms. The quantitative estimate of drug-likeness (QED) is 0.567. The summed E-state index contributed by atoms with van der Waals surface area (Å²) < 4.78 is 11.1. The van der Waals surface area contributed by atoms with Gasteiger partial charge in [-0.25, -0.2) is 0 Å². The third-order valence-corrected chi connectivity index (χ3v) is 3.87. The number of amides is 2. The molecule has 0 aliphatic carbocycles. The van der Waals surface area contributed by atoms with Gasteiger partial charge in [-0.15, -0.1) is 0 Å². The van der Waals surface area contributed by atoms with Gasteiger partial charge in [0.25, 0.3) is 5.91 Å². The molecule has 0 aliphatic heterocycles. The van der Waals surface area contributed by atoms with E-state index in [4.69, 9.17) is 9.47 Å². The van der Waals surface area contributed by atoms with Crippen LogP contribution in [0.1, 0.15) is 38.1 Å². The Kier molecular flexibility index (Phi) is 8.33. The highest BCUT2D eigenvalue weighted by molar-refractivity contribution is 6.01. The fourth-order valence-electron chi connectivity index (χ4n) is 2.69. The molecule has 156 valence electrons. The average molecular weight is 399 g/mol. The number of nitrogens with one attached hydrogen (secondary N) is 3. The van der Waals surface area contributed by atoms with Crippen molar-refractivity contribution in [3.63, 3.8) is 0 Å². The summed E-state index contributed by atoms with van der Waals surface area (Å²) in [7, 11) is 0. The molecule has 0 fully saturated rings. The van der Waals surface area contributed by atoms with Crippen LogP contribution in [0.3, 0.4) is 0 Å². The molecule has 0 saturated carbocycles. The molecule has 0 heterocycles. The Morgan fingerprint density at radius 2 is 1.69 bits per heavy atom. The molecule has 0 atom stereocenters. The molecule has 2 amide bonds. The van der Waals surface area contributed by atoms with Crippen LogP contribution in [0.2, 0.25) is 0 Å². The van der Waals surface area contributed by atoms with Crippen LogP contribution in [0.15, 0.2) is 42.5 Å². The number of hydrogen-bond donors (Lipinski definition) is 3. The zero-order valence-corrected chi connectivity index (χ0v) is 17.4. The molecule has 0 radical (unpaired) electrons. The van der Waals surface area contributed by atoms with Gasteiger partial charge in [0.15, 0.2) is 0 Å². The van der Waals surface area contributed by atoms with Gasteiger partial charge in [0.05, 0.1) is 31.0 Å². The lowest BCUT2D eigenvalue weighted by Gasteiger charge is -2.15. The summed E-state index contributed by atoms with van der Waals surface area (Å²) in [5, 5.41) is 8.73. The van der Waals surface area contributed by atoms with Gasteiger partial charge >= 0.3 is 0 Å². The number of para-hydroxylation sites is 1. The molecule has 3 N–H and O–H groups in total. The van der Waals surface area contributed by atoms with Crippen molar-refractivity contribution in [1.82, 2.24) is 5.32 Å². The smallest absolute Gasteiger partial charge is 0.253 e. The van der Waals surface area contributed by atoms with Crippen molar-refractivity contribution >= 4 is 23.2 Å². The van der Waals surface area contributed by atoms with E-state index in [1.165, 1.54) is 0 Å². The largest absolute Gasteiger partial charge is 0.494 e. The molecule has 29 heavy (non-hydrogen) atoms. The van der Waals surface area contributed by atoms with Crippen LogP contribution in [-0.4, -0.2) is 37.6 Å². The van der Waals surface area contributed by atoms with E-state index in [0.717, 1.165) is 0 Å². The third kappa shape index (κ3) is 6.71. The van der Waals surface area contributed by atoms with Crippen molar-refractivity contribution in [2.24, 2.45) is 0 Å². The van der Waals surface area contributed by atoms with Crippen molar-refractivity contribution < 1.29 is 19.1 Å². The molecule has 7 nitrogen and oxygen atoms in total. The number of anilines is 2. The number of benzene rings is 2. The summed E-state index contributed by atoms with van der Waals surface area (Å²) in [5.41, 5.74) is 1.62. The highest BCUT2D eigenvalue weighted by atomic mass is 16.5. The van der Waals surface area contributed by atoms with E-state index >= 15 is 0 Å². The standard InChI is InChI=1S/C22H29N3O4/c1-5-28-16-11-12-20(29-6-2)19(13-16)25-21(26)14-23-18-10-8-7-9-17(18)22(27)24-15(3)4/h7-13,15,23H,5-6,14H2,1-4H3,(H,24,27)(H,25,26). The van der Waals surface area contributed by atoms with Gasteiger partial charge in [-0.3, -0.25) is 9.59 Å². The van der Waals surface area contributed by atoms with Gasteiger partial charge in [0.1, 0.15) is 11.5 Å². The number of ether oxygens (including phenoxy) is 2. The second kappa shape index (κ2) is 10.9. The van der Waals surface area contributed by atoms with E-state index in [-0.39, 0.29) is 24.4 Å². The SMILES string of the molecule is CCOc1ccc(OCC)c(NC(=O)CNc2ccccc2C(=O)NC(C)C)c1. The lowest BCUT2D eigenvalue weighted by Crippen LogP contribution is -2.31. The number of hydrogen-bond acceptors (Lipinski definition) is 5. The van der Waals surface area contributed by atoms with Crippen molar-refractivity contribution in [3.8, 4) is 11.5 Å². The number of carbonyl (C=O) groups is 2. The molecule has 7 heteroatoms. The van der Waals surface area contributed by atoms with Crippen LogP contribution >= 0.6 is 0 Å². The van der Waals surface area contributed by atoms with E-state index in [9.17, 15) is 9.59 Å². The monoisotopic (exact) mass is 399 g/mol. The summed E-state index contributed by atoms with van der Waals surface area (Å²) in [6.45, 7) is 8.57. The van der Waals surface area contributed by atoms with Crippen LogP contribution in [0.4, 0.5) is 11.4 Å². The van der Waals surface area contributed by atoms with Crippen LogP contribution in [0.5, 0.6) is 11.5 Å². The summed E-state index contributed by atoms with van der Waals surface area (Å²) in [6.07, 6.45) is 0. The Morgan fingerprint density at radius 1 is 0.966 bits per heavy atom. The number of rotatable bonds is 10. The lowest BCUT2D eigenvalue weighted by molar-refractivity contribution is -0.114. The first-order valence-corrected chi connectivity index (χ1v) is 9.77. The predicted octanol–water partition coefficient (Wildman–Crippen LogP) is 3.67. The van der Waals surface area contributed by atoms with Crippen molar-refractivity contribution in [3.05, 3.63) is 48.0 Å². The van der Waals surface area contributed by atoms with Gasteiger partial charge in [0.2, 0.25) is 5.91 Å². The van der Waals surface area contributed by atoms with Crippen molar-refractivity contribution in [1.29, 1.82) is 0 Å². The van der Waals surface area contributed by atoms with Crippen LogP contribution < -0.4 is 25.4 Å². The van der Waals surface area contributed by atoms with E-state index in [1.54, 1.807) is 36.4 Å². The second-order valence-corrected chi connectivity index (χ2v) is 6.60. The molecule has 2 aromatic carbocycles. The first-order valence-electron chi connectivity index (χ1n) is 9.77. The zero-order chi connectivity index (χ0) is 21.2. The molecular weight excluding hydrogens is 370 g/mol. The molecule has 0 aromatic heterocycles. The van der Waals surface area contributed by atoms with Gasteiger partial charge in [-0.2, -0.15) is 0 Å². The second-order valence-electron chi connectivity index (χ2n) is 6.60. The van der Waals surface area contributed by atoms with Crippen molar-refractivity contribution in [2.75, 3.05) is 30.4 Å². The minimum absolute atomic E-state index is 0.00357. The lowest BCUT2D eigenvalue weighted by atomic mass is 10.1. The Morgan fingerprint density at radius 3 is 2.38 bits per heavy atom. The Balaban J connectivity index is 2.07. The fourth-order valence-corrected chi connectivity index (χ4v) is 2.69. The Hall–Kier alpha value is -3.22. The summed E-state index contributed by atoms with van der Waals surface area (Å²) in [4.78, 5) is 24.8. The zero-order valence-electron chi connectivity index (χ0n) is 17.4. The third-order valence-electron chi connectivity index (χ3n) is 3.87. The van der Waals surface area contributed by atoms with E-state index in [1.807, 2.05) is 33.8 Å². The topological polar surface area (TPSA) is 88.7 Å². The predicted molar refractivity (Wildman–Crippen MR) is 115 cm³/mol. The minimum atomic E-state index is -0.265. The Bertz CT molecular complexity index is 837. The normalized spacial score (nSPS) is 10.4. The molecule has 0 saturated heterocycles. The molecule has 2 rings (SSSR count). The maximum atomic E-state index is 12.5. The van der Waals surface area contributed by atoms with Gasteiger partial charge in [-0.05, 0) is 52.0 Å². The van der Waals surface area contributed by atoms with Crippen LogP contribution in [-0.2, 0) is 4.79 Å². The summed E-state index contributed by atoms with van der Waals surface area (Å²) in [6, 6.07) is 12.4. The number of carbonyl (C=O) groups excluding carboxylic acids is 2. The van der Waals surface area contributed by atoms with E-state index in [2.05, 4.69) is 16.0 Å². The average Bonchev–Trinajstić information content (AvgIpc) is 2.68. The minimum Gasteiger partial charge on any atom is -0.494 e. The van der Waals surface area contributed by atoms with E-state index in [0.29, 0.717) is 41.7 Å². The van der Waals surface area contributed by atoms with Gasteiger partial charge in [-0.1, -0.05) is 12.1 Å². The molecule has 0 aliphatic rings. The fraction of sp³-hybridized carbons (Fsp3) is 0.364. The first-order chi connectivity index (χ1) is 13.9. The van der Waals surface area contributed by atoms with E-state index < -0.39 is 0 Å². The molecule has 0 unspecified atom stereocenters. The highest BCUT2D eigenvalue weighted by Gasteiger charge is 2.14. The van der Waals surface area contributed by atoms with Crippen LogP contribution in [0.25, 0.3) is 0 Å². The molecule has 2 aromatic rings. The Labute approximate surface area is 171 Å². The summed E-state index contributed by atoms with van der Waals surface area (Å²) in [5.74, 6) is 0.765. The van der Waals surface area contributed by atoms with Gasteiger partial charge < -0.3 is 25.4 Å². The first kappa shape index (κ1) is 22.1. The van der Waals surface area contributed by atoms with Crippen molar-refractivity contribution in [2.45, 2.75) is 33.7 Å². The van der Waals surface area contributed by atoms with Gasteiger partial charge in [0, 0.05) is 17.8 Å².